The van der Waals surface area contributed by atoms with Gasteiger partial charge >= 0.3 is 0 Å². The van der Waals surface area contributed by atoms with E-state index in [1.165, 1.54) is 0 Å². The predicted octanol–water partition coefficient (Wildman–Crippen LogP) is 1.94. The summed E-state index contributed by atoms with van der Waals surface area (Å²) in [4.78, 5) is 0. The van der Waals surface area contributed by atoms with E-state index in [2.05, 4.69) is 6.58 Å². The first-order chi connectivity index (χ1) is 4.45. The number of hydrogen-bond donors (Lipinski definition) is 1. The number of alkyl halides is 2. The van der Waals surface area contributed by atoms with Crippen LogP contribution in [0.25, 0.3) is 0 Å². The summed E-state index contributed by atoms with van der Waals surface area (Å²) in [6, 6.07) is -0.461. The maximum atomic E-state index is 12.2. The molecule has 3 heteroatoms. The zero-order chi connectivity index (χ0) is 8.20. The molecule has 1 nitrogen and oxygen atoms in total. The molecule has 2 N–H and O–H groups in total. The van der Waals surface area contributed by atoms with Gasteiger partial charge in [0.05, 0.1) is 0 Å². The highest BCUT2D eigenvalue weighted by atomic mass is 19.3. The van der Waals surface area contributed by atoms with Crippen molar-refractivity contribution in [2.75, 3.05) is 0 Å². The van der Waals surface area contributed by atoms with Crippen LogP contribution in [0.2, 0.25) is 0 Å². The van der Waals surface area contributed by atoms with Gasteiger partial charge in [0.1, 0.15) is 0 Å². The van der Waals surface area contributed by atoms with Gasteiger partial charge in [0, 0.05) is 12.5 Å². The van der Waals surface area contributed by atoms with E-state index in [0.29, 0.717) is 6.42 Å². The van der Waals surface area contributed by atoms with E-state index < -0.39 is 12.0 Å². The van der Waals surface area contributed by atoms with Crippen molar-refractivity contribution in [1.29, 1.82) is 0 Å². The molecule has 0 amide bonds. The normalized spacial score (nSPS) is 14.8. The second-order valence-electron chi connectivity index (χ2n) is 2.56. The molecule has 1 unspecified atom stereocenters. The average molecular weight is 149 g/mol. The molecule has 0 aromatic rings. The zero-order valence-corrected chi connectivity index (χ0v) is 6.11. The van der Waals surface area contributed by atoms with Gasteiger partial charge in [0.2, 0.25) is 5.92 Å². The highest BCUT2D eigenvalue weighted by molar-refractivity contribution is 4.78. The smallest absolute Gasteiger partial charge is 0.246 e. The minimum atomic E-state index is -2.65. The molecule has 0 bridgehead atoms. The van der Waals surface area contributed by atoms with Gasteiger partial charge in [0.25, 0.3) is 0 Å². The standard InChI is InChI=1S/C7H13F2N/c1-3-4-6(10)5-7(2,8)9/h3,6H,1,4-5,10H2,2H3. The van der Waals surface area contributed by atoms with Crippen LogP contribution in [0.4, 0.5) is 8.78 Å². The van der Waals surface area contributed by atoms with Crippen molar-refractivity contribution in [2.24, 2.45) is 5.73 Å². The minimum Gasteiger partial charge on any atom is -0.327 e. The molecule has 0 heterocycles. The van der Waals surface area contributed by atoms with Crippen LogP contribution in [0.1, 0.15) is 19.8 Å². The van der Waals surface area contributed by atoms with Crippen LogP contribution < -0.4 is 5.73 Å². The van der Waals surface area contributed by atoms with Gasteiger partial charge in [-0.15, -0.1) is 6.58 Å². The Balaban J connectivity index is 3.56. The van der Waals surface area contributed by atoms with Crippen molar-refractivity contribution >= 4 is 0 Å². The summed E-state index contributed by atoms with van der Waals surface area (Å²) < 4.78 is 24.4. The number of rotatable bonds is 4. The molecule has 0 saturated heterocycles. The SMILES string of the molecule is C=CCC(N)CC(C)(F)F. The van der Waals surface area contributed by atoms with Crippen LogP contribution in [-0.2, 0) is 0 Å². The first kappa shape index (κ1) is 9.56. The Kier molecular flexibility index (Phi) is 3.50. The zero-order valence-electron chi connectivity index (χ0n) is 6.11. The largest absolute Gasteiger partial charge is 0.327 e. The van der Waals surface area contributed by atoms with E-state index >= 15 is 0 Å². The Morgan fingerprint density at radius 3 is 2.50 bits per heavy atom. The van der Waals surface area contributed by atoms with Gasteiger partial charge in [-0.1, -0.05) is 6.08 Å². The topological polar surface area (TPSA) is 26.0 Å². The van der Waals surface area contributed by atoms with Gasteiger partial charge in [0.15, 0.2) is 0 Å². The van der Waals surface area contributed by atoms with E-state index in [9.17, 15) is 8.78 Å². The fraction of sp³-hybridized carbons (Fsp3) is 0.714. The maximum absolute atomic E-state index is 12.2. The van der Waals surface area contributed by atoms with Crippen molar-refractivity contribution in [1.82, 2.24) is 0 Å². The van der Waals surface area contributed by atoms with E-state index in [0.717, 1.165) is 6.92 Å². The van der Waals surface area contributed by atoms with Gasteiger partial charge in [-0.25, -0.2) is 8.78 Å². The lowest BCUT2D eigenvalue weighted by Gasteiger charge is -2.14. The summed E-state index contributed by atoms with van der Waals surface area (Å²) in [6.45, 7) is 4.28. The lowest BCUT2D eigenvalue weighted by Crippen LogP contribution is -2.27. The molecule has 0 aliphatic rings. The first-order valence-electron chi connectivity index (χ1n) is 3.20. The maximum Gasteiger partial charge on any atom is 0.246 e. The lowest BCUT2D eigenvalue weighted by atomic mass is 10.1. The lowest BCUT2D eigenvalue weighted by molar-refractivity contribution is 0.00670. The molecular weight excluding hydrogens is 136 g/mol. The van der Waals surface area contributed by atoms with Gasteiger partial charge in [-0.05, 0) is 13.3 Å². The highest BCUT2D eigenvalue weighted by Gasteiger charge is 2.23. The summed E-state index contributed by atoms with van der Waals surface area (Å²) in [5, 5.41) is 0. The predicted molar refractivity (Wildman–Crippen MR) is 38.0 cm³/mol. The van der Waals surface area contributed by atoms with E-state index in [4.69, 9.17) is 5.73 Å². The molecule has 0 rings (SSSR count). The number of nitrogens with two attached hydrogens (primary N) is 1. The summed E-state index contributed by atoms with van der Waals surface area (Å²) >= 11 is 0. The molecule has 1 atom stereocenters. The van der Waals surface area contributed by atoms with E-state index in [-0.39, 0.29) is 6.42 Å². The van der Waals surface area contributed by atoms with Crippen LogP contribution in [0, 0.1) is 0 Å². The van der Waals surface area contributed by atoms with Gasteiger partial charge in [-0.3, -0.25) is 0 Å². The van der Waals surface area contributed by atoms with Crippen LogP contribution in [0.3, 0.4) is 0 Å². The third-order valence-corrected chi connectivity index (χ3v) is 1.09. The fourth-order valence-electron chi connectivity index (χ4n) is 0.758. The Bertz CT molecular complexity index is 107. The molecule has 0 radical (unpaired) electrons. The molecule has 0 aliphatic carbocycles. The minimum absolute atomic E-state index is 0.265. The molecule has 60 valence electrons. The molecule has 0 aliphatic heterocycles. The average Bonchev–Trinajstić information content (AvgIpc) is 1.59. The molecule has 0 aromatic heterocycles. The molecule has 0 fully saturated rings. The third kappa shape index (κ3) is 5.69. The van der Waals surface area contributed by atoms with Crippen molar-refractivity contribution in [3.05, 3.63) is 12.7 Å². The quantitative estimate of drug-likeness (QED) is 0.607. The Hall–Kier alpha value is -0.440. The monoisotopic (exact) mass is 149 g/mol. The van der Waals surface area contributed by atoms with Crippen LogP contribution >= 0.6 is 0 Å². The summed E-state index contributed by atoms with van der Waals surface area (Å²) in [5.74, 6) is -2.65. The Labute approximate surface area is 59.9 Å². The van der Waals surface area contributed by atoms with Crippen LogP contribution in [0.5, 0.6) is 0 Å². The van der Waals surface area contributed by atoms with Crippen molar-refractivity contribution < 1.29 is 8.78 Å². The summed E-state index contributed by atoms with van der Waals surface area (Å²) in [5.41, 5.74) is 5.32. The van der Waals surface area contributed by atoms with E-state index in [1.54, 1.807) is 6.08 Å². The molecule has 10 heavy (non-hydrogen) atoms. The van der Waals surface area contributed by atoms with Gasteiger partial charge in [-0.2, -0.15) is 0 Å². The second kappa shape index (κ2) is 3.66. The van der Waals surface area contributed by atoms with Gasteiger partial charge < -0.3 is 5.73 Å². The van der Waals surface area contributed by atoms with Crippen molar-refractivity contribution in [3.63, 3.8) is 0 Å². The number of halogens is 2. The molecule has 0 spiro atoms. The molecule has 0 aromatic carbocycles. The van der Waals surface area contributed by atoms with Crippen molar-refractivity contribution in [2.45, 2.75) is 31.7 Å². The molecular formula is C7H13F2N. The third-order valence-electron chi connectivity index (χ3n) is 1.09. The Morgan fingerprint density at radius 1 is 1.70 bits per heavy atom. The Morgan fingerprint density at radius 2 is 2.20 bits per heavy atom. The summed E-state index contributed by atoms with van der Waals surface area (Å²) in [7, 11) is 0. The van der Waals surface area contributed by atoms with Crippen LogP contribution in [-0.4, -0.2) is 12.0 Å². The first-order valence-corrected chi connectivity index (χ1v) is 3.20. The number of hydrogen-bond acceptors (Lipinski definition) is 1. The fourth-order valence-corrected chi connectivity index (χ4v) is 0.758. The second-order valence-corrected chi connectivity index (χ2v) is 2.56. The highest BCUT2D eigenvalue weighted by Crippen LogP contribution is 2.18. The van der Waals surface area contributed by atoms with Crippen molar-refractivity contribution in [3.8, 4) is 0 Å². The van der Waals surface area contributed by atoms with E-state index in [1.807, 2.05) is 0 Å². The summed E-state index contributed by atoms with van der Waals surface area (Å²) in [6.07, 6.45) is 1.73. The van der Waals surface area contributed by atoms with Crippen LogP contribution in [0.15, 0.2) is 12.7 Å². The molecule has 0 saturated carbocycles.